The van der Waals surface area contributed by atoms with E-state index < -0.39 is 12.1 Å². The number of alkyl halides is 1. The van der Waals surface area contributed by atoms with E-state index in [4.69, 9.17) is 5.11 Å². The molecule has 0 aromatic heterocycles. The molecular formula is C13H17BrO3. The first-order chi connectivity index (χ1) is 8.10. The lowest BCUT2D eigenvalue weighted by Gasteiger charge is -2.13. The zero-order valence-electron chi connectivity index (χ0n) is 9.82. The first-order valence-corrected chi connectivity index (χ1v) is 6.80. The van der Waals surface area contributed by atoms with E-state index in [9.17, 15) is 9.90 Å². The highest BCUT2D eigenvalue weighted by atomic mass is 79.9. The number of aryl methyl sites for hydroxylation is 2. The van der Waals surface area contributed by atoms with Gasteiger partial charge in [-0.2, -0.15) is 0 Å². The maximum Gasteiger partial charge on any atom is 0.337 e. The van der Waals surface area contributed by atoms with Gasteiger partial charge in [-0.25, -0.2) is 4.79 Å². The maximum atomic E-state index is 10.8. The molecule has 0 aliphatic carbocycles. The summed E-state index contributed by atoms with van der Waals surface area (Å²) in [4.78, 5) is 10.8. The van der Waals surface area contributed by atoms with Crippen LogP contribution in [0, 0.1) is 0 Å². The van der Waals surface area contributed by atoms with Crippen molar-refractivity contribution < 1.29 is 15.0 Å². The van der Waals surface area contributed by atoms with Crippen LogP contribution >= 0.6 is 15.9 Å². The molecule has 0 aliphatic heterocycles. The fourth-order valence-electron chi connectivity index (χ4n) is 1.75. The number of aliphatic hydroxyl groups excluding tert-OH is 1. The van der Waals surface area contributed by atoms with Crippen LogP contribution < -0.4 is 0 Å². The number of aliphatic hydroxyl groups is 1. The van der Waals surface area contributed by atoms with Gasteiger partial charge in [0, 0.05) is 5.33 Å². The van der Waals surface area contributed by atoms with Crippen molar-refractivity contribution in [1.29, 1.82) is 0 Å². The average molecular weight is 301 g/mol. The lowest BCUT2D eigenvalue weighted by Crippen LogP contribution is -2.13. The van der Waals surface area contributed by atoms with Crippen molar-refractivity contribution in [2.75, 3.05) is 5.33 Å². The fourth-order valence-corrected chi connectivity index (χ4v) is 2.03. The summed E-state index contributed by atoms with van der Waals surface area (Å²) in [5, 5.41) is 19.3. The lowest BCUT2D eigenvalue weighted by molar-refractivity contribution is -0.147. The zero-order valence-corrected chi connectivity index (χ0v) is 11.4. The van der Waals surface area contributed by atoms with Gasteiger partial charge in [0.1, 0.15) is 0 Å². The Morgan fingerprint density at radius 3 is 2.71 bits per heavy atom. The molecule has 0 heterocycles. The highest BCUT2D eigenvalue weighted by molar-refractivity contribution is 9.09. The summed E-state index contributed by atoms with van der Waals surface area (Å²) in [5.74, 6) is -1.20. The van der Waals surface area contributed by atoms with Gasteiger partial charge in [-0.1, -0.05) is 41.1 Å². The Bertz CT molecular complexity index is 390. The van der Waals surface area contributed by atoms with Crippen LogP contribution in [-0.4, -0.2) is 21.5 Å². The second kappa shape index (κ2) is 6.77. The number of rotatable bonds is 6. The molecule has 0 spiro atoms. The minimum Gasteiger partial charge on any atom is -0.479 e. The van der Waals surface area contributed by atoms with Crippen molar-refractivity contribution in [2.45, 2.75) is 32.3 Å². The highest BCUT2D eigenvalue weighted by Crippen LogP contribution is 2.22. The van der Waals surface area contributed by atoms with Crippen LogP contribution in [0.25, 0.3) is 0 Å². The number of carboxylic acid groups (broad SMARTS) is 1. The molecule has 94 valence electrons. The molecule has 0 fully saturated rings. The molecule has 0 amide bonds. The number of hydrogen-bond donors (Lipinski definition) is 2. The summed E-state index contributed by atoms with van der Waals surface area (Å²) in [6.45, 7) is 2.05. The Kier molecular flexibility index (Phi) is 5.65. The Balaban J connectivity index is 3.05. The molecule has 1 aromatic rings. The SMILES string of the molecule is CCc1ccc(C(O)C(=O)O)c(CCCBr)c1. The number of aliphatic carboxylic acids is 1. The Labute approximate surface area is 110 Å². The van der Waals surface area contributed by atoms with Crippen LogP contribution in [0.5, 0.6) is 0 Å². The van der Waals surface area contributed by atoms with Gasteiger partial charge in [-0.3, -0.25) is 0 Å². The number of hydrogen-bond acceptors (Lipinski definition) is 2. The summed E-state index contributed by atoms with van der Waals surface area (Å²) in [5.41, 5.74) is 2.60. The smallest absolute Gasteiger partial charge is 0.337 e. The second-order valence-electron chi connectivity index (χ2n) is 3.92. The van der Waals surface area contributed by atoms with E-state index >= 15 is 0 Å². The first kappa shape index (κ1) is 14.2. The van der Waals surface area contributed by atoms with Crippen molar-refractivity contribution in [3.05, 3.63) is 34.9 Å². The summed E-state index contributed by atoms with van der Waals surface area (Å²) in [7, 11) is 0. The van der Waals surface area contributed by atoms with Gasteiger partial charge in [-0.05, 0) is 36.0 Å². The molecule has 0 saturated heterocycles. The van der Waals surface area contributed by atoms with Crippen LogP contribution in [-0.2, 0) is 17.6 Å². The van der Waals surface area contributed by atoms with Gasteiger partial charge >= 0.3 is 5.97 Å². The third-order valence-corrected chi connectivity index (χ3v) is 3.28. The quantitative estimate of drug-likeness (QED) is 0.794. The van der Waals surface area contributed by atoms with Crippen molar-refractivity contribution in [2.24, 2.45) is 0 Å². The molecule has 0 aliphatic rings. The molecule has 1 unspecified atom stereocenters. The van der Waals surface area contributed by atoms with E-state index in [-0.39, 0.29) is 0 Å². The summed E-state index contributed by atoms with van der Waals surface area (Å²) < 4.78 is 0. The average Bonchev–Trinajstić information content (AvgIpc) is 2.34. The molecule has 0 saturated carbocycles. The second-order valence-corrected chi connectivity index (χ2v) is 4.71. The minimum atomic E-state index is -1.42. The molecule has 2 N–H and O–H groups in total. The number of halogens is 1. The topological polar surface area (TPSA) is 57.5 Å². The van der Waals surface area contributed by atoms with Crippen LogP contribution in [0.2, 0.25) is 0 Å². The van der Waals surface area contributed by atoms with Crippen LogP contribution in [0.4, 0.5) is 0 Å². The first-order valence-electron chi connectivity index (χ1n) is 5.68. The van der Waals surface area contributed by atoms with Crippen LogP contribution in [0.3, 0.4) is 0 Å². The molecule has 1 aromatic carbocycles. The molecule has 3 nitrogen and oxygen atoms in total. The Morgan fingerprint density at radius 2 is 2.18 bits per heavy atom. The van der Waals surface area contributed by atoms with E-state index in [1.807, 2.05) is 12.1 Å². The summed E-state index contributed by atoms with van der Waals surface area (Å²) >= 11 is 3.35. The summed E-state index contributed by atoms with van der Waals surface area (Å²) in [6.07, 6.45) is 1.18. The van der Waals surface area contributed by atoms with Crippen molar-refractivity contribution >= 4 is 21.9 Å². The van der Waals surface area contributed by atoms with Gasteiger partial charge in [0.2, 0.25) is 0 Å². The predicted octanol–water partition coefficient (Wildman–Crippen LogP) is 2.69. The third-order valence-electron chi connectivity index (χ3n) is 2.72. The third kappa shape index (κ3) is 3.82. The minimum absolute atomic E-state index is 0.510. The van der Waals surface area contributed by atoms with Gasteiger partial charge in [-0.15, -0.1) is 0 Å². The van der Waals surface area contributed by atoms with Crippen molar-refractivity contribution in [3.8, 4) is 0 Å². The van der Waals surface area contributed by atoms with Crippen molar-refractivity contribution in [3.63, 3.8) is 0 Å². The summed E-state index contributed by atoms with van der Waals surface area (Å²) in [6, 6.07) is 5.59. The van der Waals surface area contributed by atoms with Crippen LogP contribution in [0.15, 0.2) is 18.2 Å². The van der Waals surface area contributed by atoms with E-state index in [0.29, 0.717) is 5.56 Å². The van der Waals surface area contributed by atoms with E-state index in [1.54, 1.807) is 6.07 Å². The molecule has 0 bridgehead atoms. The van der Waals surface area contributed by atoms with Gasteiger partial charge in [0.05, 0.1) is 0 Å². The molecule has 0 radical (unpaired) electrons. The monoisotopic (exact) mass is 300 g/mol. The van der Waals surface area contributed by atoms with Gasteiger partial charge in [0.25, 0.3) is 0 Å². The number of carbonyl (C=O) groups is 1. The Hall–Kier alpha value is -0.870. The fraction of sp³-hybridized carbons (Fsp3) is 0.462. The lowest BCUT2D eigenvalue weighted by atomic mass is 9.96. The number of benzene rings is 1. The molecule has 4 heteroatoms. The van der Waals surface area contributed by atoms with E-state index in [2.05, 4.69) is 22.9 Å². The zero-order chi connectivity index (χ0) is 12.8. The predicted molar refractivity (Wildman–Crippen MR) is 70.5 cm³/mol. The van der Waals surface area contributed by atoms with Gasteiger partial charge in [0.15, 0.2) is 6.10 Å². The van der Waals surface area contributed by atoms with Crippen molar-refractivity contribution in [1.82, 2.24) is 0 Å². The molecule has 17 heavy (non-hydrogen) atoms. The van der Waals surface area contributed by atoms with Crippen LogP contribution in [0.1, 0.15) is 36.1 Å². The molecular weight excluding hydrogens is 284 g/mol. The highest BCUT2D eigenvalue weighted by Gasteiger charge is 2.19. The van der Waals surface area contributed by atoms with E-state index in [0.717, 1.165) is 35.7 Å². The molecule has 1 atom stereocenters. The largest absolute Gasteiger partial charge is 0.479 e. The van der Waals surface area contributed by atoms with Gasteiger partial charge < -0.3 is 10.2 Å². The Morgan fingerprint density at radius 1 is 1.47 bits per heavy atom. The number of carboxylic acids is 1. The normalized spacial score (nSPS) is 12.4. The molecule has 1 rings (SSSR count). The standard InChI is InChI=1S/C13H17BrO3/c1-2-9-5-6-11(12(15)13(16)17)10(8-9)4-3-7-14/h5-6,8,12,15H,2-4,7H2,1H3,(H,16,17). The maximum absolute atomic E-state index is 10.8. The van der Waals surface area contributed by atoms with E-state index in [1.165, 1.54) is 0 Å².